The van der Waals surface area contributed by atoms with Crippen LogP contribution in [0.4, 0.5) is 17.6 Å². The number of carbonyl (C=O) groups is 1. The predicted molar refractivity (Wildman–Crippen MR) is 95.5 cm³/mol. The topological polar surface area (TPSA) is 57.5 Å². The molecule has 150 valence electrons. The number of benzene rings is 2. The fourth-order valence-electron chi connectivity index (χ4n) is 2.68. The molecule has 0 fully saturated rings. The Balaban J connectivity index is 2.10. The normalized spacial score (nSPS) is 11.2. The molecule has 0 aliphatic carbocycles. The highest BCUT2D eigenvalue weighted by molar-refractivity contribution is 5.97. The Morgan fingerprint density at radius 2 is 1.62 bits per heavy atom. The fraction of sp³-hybridized carbons (Fsp3) is 0.100. The molecule has 1 heterocycles. The summed E-state index contributed by atoms with van der Waals surface area (Å²) in [6.45, 7) is 0. The van der Waals surface area contributed by atoms with Crippen molar-refractivity contribution in [1.29, 1.82) is 0 Å². The third-order valence-corrected chi connectivity index (χ3v) is 3.96. The quantitative estimate of drug-likeness (QED) is 0.477. The van der Waals surface area contributed by atoms with Crippen molar-refractivity contribution in [3.05, 3.63) is 82.5 Å². The number of carbonyl (C=O) groups excluding carboxylic acids is 1. The summed E-state index contributed by atoms with van der Waals surface area (Å²) >= 11 is 0. The van der Waals surface area contributed by atoms with Crippen LogP contribution in [0.1, 0.15) is 10.4 Å². The highest BCUT2D eigenvalue weighted by Gasteiger charge is 2.31. The zero-order chi connectivity index (χ0) is 21.2. The first-order valence-electron chi connectivity index (χ1n) is 8.15. The van der Waals surface area contributed by atoms with E-state index in [0.29, 0.717) is 5.56 Å². The fourth-order valence-corrected chi connectivity index (χ4v) is 2.68. The maximum Gasteiger partial charge on any atom is 0.573 e. The third-order valence-electron chi connectivity index (χ3n) is 3.96. The van der Waals surface area contributed by atoms with Crippen molar-refractivity contribution in [1.82, 2.24) is 4.57 Å². The van der Waals surface area contributed by atoms with Gasteiger partial charge in [-0.2, -0.15) is 0 Å². The number of hydrogen-bond donors (Lipinski definition) is 0. The summed E-state index contributed by atoms with van der Waals surface area (Å²) in [6, 6.07) is 10.9. The molecule has 0 aliphatic rings. The molecule has 3 aromatic rings. The summed E-state index contributed by atoms with van der Waals surface area (Å²) in [5, 5.41) is 0. The Hall–Kier alpha value is -3.62. The van der Waals surface area contributed by atoms with Gasteiger partial charge in [0, 0.05) is 23.5 Å². The maximum absolute atomic E-state index is 13.3. The van der Waals surface area contributed by atoms with Gasteiger partial charge >= 0.3 is 12.3 Å². The zero-order valence-corrected chi connectivity index (χ0v) is 14.9. The third kappa shape index (κ3) is 4.63. The van der Waals surface area contributed by atoms with E-state index in [9.17, 15) is 27.2 Å². The second-order valence-electron chi connectivity index (χ2n) is 5.85. The summed E-state index contributed by atoms with van der Waals surface area (Å²) in [5.74, 6) is -1.69. The number of rotatable bonds is 4. The second kappa shape index (κ2) is 7.78. The van der Waals surface area contributed by atoms with Gasteiger partial charge in [0.1, 0.15) is 11.6 Å². The molecule has 3 rings (SSSR count). The standard InChI is InChI=1S/C20H13F4NO4/c1-28-19(27)16-10-18(26)25(11-17(16)12-2-4-13(21)5-3-12)14-6-8-15(9-7-14)29-20(22,23)24/h2-11H,1H3. The molecule has 0 N–H and O–H groups in total. The van der Waals surface area contributed by atoms with E-state index < -0.39 is 29.5 Å². The van der Waals surface area contributed by atoms with Crippen LogP contribution in [0, 0.1) is 5.82 Å². The second-order valence-corrected chi connectivity index (χ2v) is 5.85. The van der Waals surface area contributed by atoms with E-state index in [1.807, 2.05) is 0 Å². The lowest BCUT2D eigenvalue weighted by molar-refractivity contribution is -0.274. The SMILES string of the molecule is COC(=O)c1cc(=O)n(-c2ccc(OC(F)(F)F)cc2)cc1-c1ccc(F)cc1. The molecule has 9 heteroatoms. The lowest BCUT2D eigenvalue weighted by atomic mass is 10.0. The molecule has 2 aromatic carbocycles. The molecule has 1 aromatic heterocycles. The van der Waals surface area contributed by atoms with Crippen LogP contribution in [0.2, 0.25) is 0 Å². The van der Waals surface area contributed by atoms with Crippen LogP contribution in [-0.2, 0) is 4.74 Å². The number of esters is 1. The number of methoxy groups -OCH3 is 1. The van der Waals surface area contributed by atoms with Crippen molar-refractivity contribution in [2.45, 2.75) is 6.36 Å². The molecule has 0 saturated carbocycles. The van der Waals surface area contributed by atoms with Gasteiger partial charge in [0.2, 0.25) is 0 Å². The van der Waals surface area contributed by atoms with Crippen molar-refractivity contribution in [2.24, 2.45) is 0 Å². The minimum Gasteiger partial charge on any atom is -0.465 e. The molecular weight excluding hydrogens is 394 g/mol. The predicted octanol–water partition coefficient (Wildman–Crippen LogP) is 4.33. The smallest absolute Gasteiger partial charge is 0.465 e. The van der Waals surface area contributed by atoms with Gasteiger partial charge in [0.05, 0.1) is 12.7 Å². The van der Waals surface area contributed by atoms with E-state index >= 15 is 0 Å². The van der Waals surface area contributed by atoms with Crippen LogP contribution in [0.3, 0.4) is 0 Å². The highest BCUT2D eigenvalue weighted by atomic mass is 19.4. The summed E-state index contributed by atoms with van der Waals surface area (Å²) in [4.78, 5) is 24.6. The summed E-state index contributed by atoms with van der Waals surface area (Å²) in [5.41, 5.74) is 0.326. The van der Waals surface area contributed by atoms with Gasteiger partial charge in [-0.1, -0.05) is 12.1 Å². The first-order chi connectivity index (χ1) is 13.7. The molecule has 0 radical (unpaired) electrons. The van der Waals surface area contributed by atoms with E-state index in [1.165, 1.54) is 42.6 Å². The molecule has 0 aliphatic heterocycles. The van der Waals surface area contributed by atoms with Gasteiger partial charge < -0.3 is 9.47 Å². The lowest BCUT2D eigenvalue weighted by Gasteiger charge is -2.14. The Morgan fingerprint density at radius 3 is 2.17 bits per heavy atom. The monoisotopic (exact) mass is 407 g/mol. The Morgan fingerprint density at radius 1 is 1.00 bits per heavy atom. The molecule has 29 heavy (non-hydrogen) atoms. The van der Waals surface area contributed by atoms with E-state index in [1.54, 1.807) is 0 Å². The lowest BCUT2D eigenvalue weighted by Crippen LogP contribution is -2.21. The van der Waals surface area contributed by atoms with Crippen LogP contribution >= 0.6 is 0 Å². The minimum atomic E-state index is -4.84. The van der Waals surface area contributed by atoms with Gasteiger partial charge in [-0.15, -0.1) is 13.2 Å². The van der Waals surface area contributed by atoms with Crippen molar-refractivity contribution in [2.75, 3.05) is 7.11 Å². The van der Waals surface area contributed by atoms with E-state index in [4.69, 9.17) is 4.74 Å². The van der Waals surface area contributed by atoms with E-state index in [2.05, 4.69) is 4.74 Å². The van der Waals surface area contributed by atoms with E-state index in [0.717, 1.165) is 29.9 Å². The van der Waals surface area contributed by atoms with Crippen LogP contribution in [0.15, 0.2) is 65.6 Å². The van der Waals surface area contributed by atoms with Crippen molar-refractivity contribution in [3.8, 4) is 22.6 Å². The molecule has 0 atom stereocenters. The van der Waals surface area contributed by atoms with Crippen molar-refractivity contribution in [3.63, 3.8) is 0 Å². The number of hydrogen-bond acceptors (Lipinski definition) is 4. The number of pyridine rings is 1. The van der Waals surface area contributed by atoms with Gasteiger partial charge in [0.15, 0.2) is 0 Å². The summed E-state index contributed by atoms with van der Waals surface area (Å²) in [7, 11) is 1.15. The van der Waals surface area contributed by atoms with Crippen LogP contribution in [0.5, 0.6) is 5.75 Å². The first-order valence-corrected chi connectivity index (χ1v) is 8.15. The molecule has 0 unspecified atom stereocenters. The van der Waals surface area contributed by atoms with E-state index in [-0.39, 0.29) is 16.8 Å². The Kier molecular flexibility index (Phi) is 5.40. The Labute approximate surface area is 161 Å². The van der Waals surface area contributed by atoms with Gasteiger partial charge in [-0.3, -0.25) is 9.36 Å². The molecule has 0 amide bonds. The van der Waals surface area contributed by atoms with Gasteiger partial charge in [0.25, 0.3) is 5.56 Å². The number of halogens is 4. The highest BCUT2D eigenvalue weighted by Crippen LogP contribution is 2.26. The number of aromatic nitrogens is 1. The van der Waals surface area contributed by atoms with Gasteiger partial charge in [-0.05, 0) is 42.0 Å². The van der Waals surface area contributed by atoms with Crippen LogP contribution in [-0.4, -0.2) is 24.0 Å². The number of alkyl halides is 3. The first kappa shape index (κ1) is 20.1. The average Bonchev–Trinajstić information content (AvgIpc) is 2.67. The molecular formula is C20H13F4NO4. The van der Waals surface area contributed by atoms with Crippen molar-refractivity contribution < 1.29 is 31.8 Å². The summed E-state index contributed by atoms with van der Waals surface area (Å²) < 4.78 is 59.8. The molecule has 0 spiro atoms. The molecule has 5 nitrogen and oxygen atoms in total. The summed E-state index contributed by atoms with van der Waals surface area (Å²) in [6.07, 6.45) is -3.50. The minimum absolute atomic E-state index is 0.0302. The number of nitrogens with zero attached hydrogens (tertiary/aromatic N) is 1. The molecule has 0 saturated heterocycles. The zero-order valence-electron chi connectivity index (χ0n) is 14.9. The Bertz CT molecular complexity index is 1090. The average molecular weight is 407 g/mol. The molecule has 0 bridgehead atoms. The maximum atomic E-state index is 13.3. The van der Waals surface area contributed by atoms with Gasteiger partial charge in [-0.25, -0.2) is 9.18 Å². The van der Waals surface area contributed by atoms with Crippen LogP contribution in [0.25, 0.3) is 16.8 Å². The largest absolute Gasteiger partial charge is 0.573 e. The van der Waals surface area contributed by atoms with Crippen LogP contribution < -0.4 is 10.3 Å². The number of ether oxygens (including phenoxy) is 2. The van der Waals surface area contributed by atoms with Crippen molar-refractivity contribution >= 4 is 5.97 Å².